The third-order valence-electron chi connectivity index (χ3n) is 2.32. The normalized spacial score (nSPS) is 12.6. The van der Waals surface area contributed by atoms with Gasteiger partial charge in [-0.05, 0) is 26.1 Å². The number of nitrogens with one attached hydrogen (secondary N) is 2. The van der Waals surface area contributed by atoms with Gasteiger partial charge < -0.3 is 10.3 Å². The number of H-pyrrole nitrogens is 1. The second-order valence-corrected chi connectivity index (χ2v) is 4.49. The summed E-state index contributed by atoms with van der Waals surface area (Å²) in [6.45, 7) is 2.08. The summed E-state index contributed by atoms with van der Waals surface area (Å²) in [5.41, 5.74) is 1.05. The van der Waals surface area contributed by atoms with Crippen molar-refractivity contribution in [2.24, 2.45) is 0 Å². The maximum absolute atomic E-state index is 4.40. The molecule has 2 N–H and O–H groups in total. The molecule has 1 atom stereocenters. The molecule has 0 aliphatic rings. The van der Waals surface area contributed by atoms with Crippen LogP contribution in [0, 0.1) is 0 Å². The highest BCUT2D eigenvalue weighted by Gasteiger charge is 2.04. The molecule has 0 aromatic carbocycles. The molecule has 16 heavy (non-hydrogen) atoms. The van der Waals surface area contributed by atoms with E-state index in [9.17, 15) is 0 Å². The van der Waals surface area contributed by atoms with E-state index >= 15 is 0 Å². The number of hydrogen-bond donors (Lipinski definition) is 2. The second-order valence-electron chi connectivity index (χ2n) is 3.43. The Morgan fingerprint density at radius 2 is 2.25 bits per heavy atom. The molecule has 0 saturated heterocycles. The van der Waals surface area contributed by atoms with Crippen LogP contribution in [-0.4, -0.2) is 22.0 Å². The highest BCUT2D eigenvalue weighted by atomic mass is 32.2. The predicted molar refractivity (Wildman–Crippen MR) is 64.4 cm³/mol. The monoisotopic (exact) mass is 234 g/mol. The minimum absolute atomic E-state index is 0.280. The van der Waals surface area contributed by atoms with Crippen molar-refractivity contribution in [3.05, 3.63) is 36.4 Å². The van der Waals surface area contributed by atoms with Gasteiger partial charge in [0.15, 0.2) is 5.16 Å². The van der Waals surface area contributed by atoms with Gasteiger partial charge in [-0.15, -0.1) is 0 Å². The van der Waals surface area contributed by atoms with Crippen molar-refractivity contribution in [1.82, 2.24) is 20.3 Å². The van der Waals surface area contributed by atoms with Gasteiger partial charge in [0.1, 0.15) is 0 Å². The summed E-state index contributed by atoms with van der Waals surface area (Å²) in [7, 11) is 1.93. The van der Waals surface area contributed by atoms with Crippen LogP contribution in [0.3, 0.4) is 0 Å². The Kier molecular flexibility index (Phi) is 3.58. The molecule has 0 amide bonds. The van der Waals surface area contributed by atoms with Gasteiger partial charge in [0.25, 0.3) is 0 Å². The van der Waals surface area contributed by atoms with Crippen LogP contribution >= 0.6 is 11.8 Å². The fourth-order valence-corrected chi connectivity index (χ4v) is 1.98. The van der Waals surface area contributed by atoms with E-state index in [2.05, 4.69) is 33.3 Å². The number of aromatic nitrogens is 3. The van der Waals surface area contributed by atoms with Crippen molar-refractivity contribution < 1.29 is 0 Å². The van der Waals surface area contributed by atoms with E-state index in [4.69, 9.17) is 0 Å². The molecule has 2 aromatic rings. The van der Waals surface area contributed by atoms with Gasteiger partial charge in [0.2, 0.25) is 0 Å². The first-order chi connectivity index (χ1) is 7.79. The molecular formula is C11H14N4S. The van der Waals surface area contributed by atoms with Gasteiger partial charge in [-0.1, -0.05) is 11.8 Å². The minimum atomic E-state index is 0.280. The number of pyridine rings is 1. The van der Waals surface area contributed by atoms with Crippen molar-refractivity contribution in [2.75, 3.05) is 7.05 Å². The average Bonchev–Trinajstić information content (AvgIpc) is 2.82. The lowest BCUT2D eigenvalue weighted by molar-refractivity contribution is 0.631. The molecule has 2 heterocycles. The summed E-state index contributed by atoms with van der Waals surface area (Å²) >= 11 is 1.57. The van der Waals surface area contributed by atoms with Crippen LogP contribution in [0.2, 0.25) is 0 Å². The summed E-state index contributed by atoms with van der Waals surface area (Å²) in [5, 5.41) is 4.04. The molecule has 84 valence electrons. The smallest absolute Gasteiger partial charge is 0.170 e. The molecule has 0 saturated carbocycles. The lowest BCUT2D eigenvalue weighted by Crippen LogP contribution is -2.13. The number of imidazole rings is 1. The van der Waals surface area contributed by atoms with Crippen molar-refractivity contribution in [2.45, 2.75) is 23.0 Å². The summed E-state index contributed by atoms with van der Waals surface area (Å²) < 4.78 is 0. The molecule has 5 heteroatoms. The van der Waals surface area contributed by atoms with Crippen LogP contribution in [0.4, 0.5) is 0 Å². The molecule has 2 aromatic heterocycles. The molecule has 0 radical (unpaired) electrons. The van der Waals surface area contributed by atoms with Crippen LogP contribution in [0.25, 0.3) is 0 Å². The van der Waals surface area contributed by atoms with Gasteiger partial charge in [0.05, 0.1) is 5.69 Å². The Bertz CT molecular complexity index is 424. The largest absolute Gasteiger partial charge is 0.339 e. The van der Waals surface area contributed by atoms with Crippen LogP contribution in [0.5, 0.6) is 0 Å². The molecule has 0 fully saturated rings. The van der Waals surface area contributed by atoms with Crippen molar-refractivity contribution in [1.29, 1.82) is 0 Å². The quantitative estimate of drug-likeness (QED) is 0.852. The summed E-state index contributed by atoms with van der Waals surface area (Å²) in [6, 6.07) is 4.37. The van der Waals surface area contributed by atoms with E-state index in [1.54, 1.807) is 18.0 Å². The molecular weight excluding hydrogens is 220 g/mol. The molecule has 4 nitrogen and oxygen atoms in total. The fourth-order valence-electron chi connectivity index (χ4n) is 1.27. The first kappa shape index (κ1) is 11.2. The van der Waals surface area contributed by atoms with Gasteiger partial charge >= 0.3 is 0 Å². The maximum atomic E-state index is 4.40. The zero-order valence-electron chi connectivity index (χ0n) is 9.27. The highest BCUT2D eigenvalue weighted by molar-refractivity contribution is 7.99. The predicted octanol–water partition coefficient (Wildman–Crippen LogP) is 2.24. The first-order valence-electron chi connectivity index (χ1n) is 5.10. The maximum Gasteiger partial charge on any atom is 0.170 e. The van der Waals surface area contributed by atoms with E-state index in [1.807, 2.05) is 25.5 Å². The lowest BCUT2D eigenvalue weighted by Gasteiger charge is -2.09. The zero-order chi connectivity index (χ0) is 11.4. The van der Waals surface area contributed by atoms with E-state index in [0.717, 1.165) is 15.7 Å². The van der Waals surface area contributed by atoms with E-state index in [-0.39, 0.29) is 6.04 Å². The molecule has 0 aliphatic heterocycles. The van der Waals surface area contributed by atoms with Gasteiger partial charge in [-0.3, -0.25) is 4.98 Å². The number of hydrogen-bond acceptors (Lipinski definition) is 4. The van der Waals surface area contributed by atoms with Crippen LogP contribution < -0.4 is 5.32 Å². The Morgan fingerprint density at radius 3 is 2.81 bits per heavy atom. The van der Waals surface area contributed by atoms with Crippen molar-refractivity contribution >= 4 is 11.8 Å². The standard InChI is InChI=1S/C11H14N4S/c1-8(12-2)10-4-3-9(7-15-10)16-11-13-5-6-14-11/h3-8,12H,1-2H3,(H,13,14). The highest BCUT2D eigenvalue weighted by Crippen LogP contribution is 2.24. The summed E-state index contributed by atoms with van der Waals surface area (Å²) in [6.07, 6.45) is 5.43. The Morgan fingerprint density at radius 1 is 1.38 bits per heavy atom. The number of aromatic amines is 1. The van der Waals surface area contributed by atoms with E-state index < -0.39 is 0 Å². The third-order valence-corrected chi connectivity index (χ3v) is 3.22. The Hall–Kier alpha value is -1.33. The van der Waals surface area contributed by atoms with Gasteiger partial charge in [-0.25, -0.2) is 4.98 Å². The Balaban J connectivity index is 2.07. The van der Waals surface area contributed by atoms with Gasteiger partial charge in [-0.2, -0.15) is 0 Å². The second kappa shape index (κ2) is 5.14. The molecule has 1 unspecified atom stereocenters. The zero-order valence-corrected chi connectivity index (χ0v) is 10.1. The molecule has 2 rings (SSSR count). The topological polar surface area (TPSA) is 53.6 Å². The third kappa shape index (κ3) is 2.62. The summed E-state index contributed by atoms with van der Waals surface area (Å²) in [5.74, 6) is 0. The number of rotatable bonds is 4. The van der Waals surface area contributed by atoms with Gasteiger partial charge in [0, 0.05) is 29.5 Å². The van der Waals surface area contributed by atoms with Crippen molar-refractivity contribution in [3.63, 3.8) is 0 Å². The summed E-state index contributed by atoms with van der Waals surface area (Å²) in [4.78, 5) is 12.7. The van der Waals surface area contributed by atoms with Crippen LogP contribution in [-0.2, 0) is 0 Å². The SMILES string of the molecule is CNC(C)c1ccc(Sc2ncc[nH]2)cn1. The first-order valence-corrected chi connectivity index (χ1v) is 5.91. The molecule has 0 bridgehead atoms. The van der Waals surface area contributed by atoms with Crippen LogP contribution in [0.1, 0.15) is 18.7 Å². The lowest BCUT2D eigenvalue weighted by atomic mass is 10.2. The minimum Gasteiger partial charge on any atom is -0.339 e. The average molecular weight is 234 g/mol. The van der Waals surface area contributed by atoms with Crippen molar-refractivity contribution in [3.8, 4) is 0 Å². The molecule has 0 aliphatic carbocycles. The number of nitrogens with zero attached hydrogens (tertiary/aromatic N) is 2. The Labute approximate surface area is 98.9 Å². The van der Waals surface area contributed by atoms with E-state index in [0.29, 0.717) is 0 Å². The fraction of sp³-hybridized carbons (Fsp3) is 0.273. The van der Waals surface area contributed by atoms with E-state index in [1.165, 1.54) is 0 Å². The molecule has 0 spiro atoms. The van der Waals surface area contributed by atoms with Crippen LogP contribution in [0.15, 0.2) is 40.8 Å².